The maximum absolute atomic E-state index is 5.62. The van der Waals surface area contributed by atoms with Crippen LogP contribution < -0.4 is 5.32 Å². The summed E-state index contributed by atoms with van der Waals surface area (Å²) in [5.74, 6) is 0. The zero-order valence-corrected chi connectivity index (χ0v) is 11.2. The lowest BCUT2D eigenvalue weighted by Crippen LogP contribution is -2.49. The first-order chi connectivity index (χ1) is 8.20. The highest BCUT2D eigenvalue weighted by atomic mass is 16.5. The van der Waals surface area contributed by atoms with E-state index in [1.54, 1.807) is 0 Å². The van der Waals surface area contributed by atoms with Crippen LogP contribution >= 0.6 is 0 Å². The van der Waals surface area contributed by atoms with E-state index >= 15 is 0 Å². The van der Waals surface area contributed by atoms with Crippen molar-refractivity contribution in [2.45, 2.75) is 50.7 Å². The number of nitrogens with zero attached hydrogens (tertiary/aromatic N) is 1. The highest BCUT2D eigenvalue weighted by Gasteiger charge is 2.39. The maximum Gasteiger partial charge on any atom is 0.0672 e. The zero-order chi connectivity index (χ0) is 12.3. The summed E-state index contributed by atoms with van der Waals surface area (Å²) in [5.41, 5.74) is 1.11. The first-order valence-corrected chi connectivity index (χ1v) is 6.86. The molecular weight excluding hydrogens is 212 g/mol. The Balaban J connectivity index is 1.73. The molecule has 0 aliphatic carbocycles. The fourth-order valence-corrected chi connectivity index (χ4v) is 3.29. The van der Waals surface area contributed by atoms with Gasteiger partial charge in [-0.1, -0.05) is 12.2 Å². The summed E-state index contributed by atoms with van der Waals surface area (Å²) in [6.45, 7) is 8.53. The van der Waals surface area contributed by atoms with Gasteiger partial charge in [-0.15, -0.1) is 0 Å². The summed E-state index contributed by atoms with van der Waals surface area (Å²) < 4.78 is 5.62. The molecule has 2 bridgehead atoms. The second-order valence-electron chi connectivity index (χ2n) is 5.59. The maximum atomic E-state index is 5.62. The number of rotatable bonds is 6. The van der Waals surface area contributed by atoms with Crippen LogP contribution in [0.5, 0.6) is 0 Å². The average molecular weight is 238 g/mol. The van der Waals surface area contributed by atoms with Crippen molar-refractivity contribution >= 4 is 0 Å². The van der Waals surface area contributed by atoms with Gasteiger partial charge in [-0.2, -0.15) is 0 Å². The van der Waals surface area contributed by atoms with Gasteiger partial charge in [-0.05, 0) is 39.7 Å². The molecule has 2 heterocycles. The second-order valence-corrected chi connectivity index (χ2v) is 5.59. The van der Waals surface area contributed by atoms with Gasteiger partial charge in [-0.3, -0.25) is 4.90 Å². The molecule has 2 rings (SSSR count). The second kappa shape index (κ2) is 5.98. The molecule has 0 amide bonds. The predicted octanol–water partition coefficient (Wildman–Crippen LogP) is 1.79. The van der Waals surface area contributed by atoms with Crippen LogP contribution in [0.25, 0.3) is 0 Å². The van der Waals surface area contributed by atoms with Gasteiger partial charge < -0.3 is 10.1 Å². The summed E-state index contributed by atoms with van der Waals surface area (Å²) in [7, 11) is 2.09. The van der Waals surface area contributed by atoms with E-state index in [0.29, 0.717) is 6.61 Å². The molecule has 2 atom stereocenters. The molecule has 0 aromatic carbocycles. The zero-order valence-electron chi connectivity index (χ0n) is 11.2. The van der Waals surface area contributed by atoms with Crippen molar-refractivity contribution in [3.63, 3.8) is 0 Å². The van der Waals surface area contributed by atoms with E-state index in [-0.39, 0.29) is 0 Å². The van der Waals surface area contributed by atoms with E-state index < -0.39 is 0 Å². The van der Waals surface area contributed by atoms with Gasteiger partial charge >= 0.3 is 0 Å². The van der Waals surface area contributed by atoms with Crippen LogP contribution in [0.4, 0.5) is 0 Å². The standard InChI is InChI=1S/C14H26N2O/c1-11(2)10-17-7-6-16-13-4-5-14(16)9-12(8-13)15-3/h12-15H,1,4-10H2,2-3H3. The largest absolute Gasteiger partial charge is 0.376 e. The Morgan fingerprint density at radius 3 is 2.53 bits per heavy atom. The van der Waals surface area contributed by atoms with Gasteiger partial charge in [0.1, 0.15) is 0 Å². The fraction of sp³-hybridized carbons (Fsp3) is 0.857. The van der Waals surface area contributed by atoms with E-state index in [0.717, 1.165) is 36.9 Å². The number of hydrogen-bond acceptors (Lipinski definition) is 3. The third-order valence-electron chi connectivity index (χ3n) is 4.13. The lowest BCUT2D eigenvalue weighted by molar-refractivity contribution is 0.0674. The SMILES string of the molecule is C=C(C)COCCN1C2CCC1CC(NC)C2. The van der Waals surface area contributed by atoms with Crippen molar-refractivity contribution in [1.82, 2.24) is 10.2 Å². The molecule has 2 aliphatic heterocycles. The van der Waals surface area contributed by atoms with Crippen LogP contribution in [0.2, 0.25) is 0 Å². The van der Waals surface area contributed by atoms with Crippen LogP contribution in [0, 0.1) is 0 Å². The molecule has 0 aromatic rings. The highest BCUT2D eigenvalue weighted by molar-refractivity contribution is 4.97. The molecule has 1 N–H and O–H groups in total. The van der Waals surface area contributed by atoms with E-state index in [2.05, 4.69) is 23.8 Å². The van der Waals surface area contributed by atoms with Crippen molar-refractivity contribution in [3.8, 4) is 0 Å². The number of hydrogen-bond donors (Lipinski definition) is 1. The monoisotopic (exact) mass is 238 g/mol. The van der Waals surface area contributed by atoms with Crippen molar-refractivity contribution in [1.29, 1.82) is 0 Å². The molecule has 17 heavy (non-hydrogen) atoms. The third kappa shape index (κ3) is 3.30. The van der Waals surface area contributed by atoms with E-state index in [9.17, 15) is 0 Å². The molecule has 0 aromatic heterocycles. The Kier molecular flexibility index (Phi) is 4.60. The number of ether oxygens (including phenoxy) is 1. The Morgan fingerprint density at radius 2 is 2.00 bits per heavy atom. The van der Waals surface area contributed by atoms with E-state index in [1.807, 2.05) is 6.92 Å². The van der Waals surface area contributed by atoms with E-state index in [1.165, 1.54) is 25.7 Å². The average Bonchev–Trinajstić information content (AvgIpc) is 2.55. The molecule has 2 aliphatic rings. The fourth-order valence-electron chi connectivity index (χ4n) is 3.29. The van der Waals surface area contributed by atoms with E-state index in [4.69, 9.17) is 4.74 Å². The minimum absolute atomic E-state index is 0.711. The minimum atomic E-state index is 0.711. The Labute approximate surface area is 105 Å². The van der Waals surface area contributed by atoms with Crippen LogP contribution in [0.1, 0.15) is 32.6 Å². The molecule has 0 spiro atoms. The van der Waals surface area contributed by atoms with Crippen LogP contribution in [-0.2, 0) is 4.74 Å². The predicted molar refractivity (Wildman–Crippen MR) is 71.2 cm³/mol. The molecule has 2 unspecified atom stereocenters. The van der Waals surface area contributed by atoms with Gasteiger partial charge in [0.15, 0.2) is 0 Å². The van der Waals surface area contributed by atoms with Crippen LogP contribution in [0.15, 0.2) is 12.2 Å². The summed E-state index contributed by atoms with van der Waals surface area (Å²) in [4.78, 5) is 2.67. The molecule has 2 fully saturated rings. The smallest absolute Gasteiger partial charge is 0.0672 e. The van der Waals surface area contributed by atoms with Crippen LogP contribution in [-0.4, -0.2) is 49.8 Å². The molecule has 2 saturated heterocycles. The summed E-state index contributed by atoms with van der Waals surface area (Å²) >= 11 is 0. The van der Waals surface area contributed by atoms with Crippen LogP contribution in [0.3, 0.4) is 0 Å². The van der Waals surface area contributed by atoms with Gasteiger partial charge in [0.05, 0.1) is 13.2 Å². The van der Waals surface area contributed by atoms with Crippen molar-refractivity contribution in [2.24, 2.45) is 0 Å². The van der Waals surface area contributed by atoms with Crippen molar-refractivity contribution in [2.75, 3.05) is 26.8 Å². The Morgan fingerprint density at radius 1 is 1.35 bits per heavy atom. The number of fused-ring (bicyclic) bond motifs is 2. The van der Waals surface area contributed by atoms with Gasteiger partial charge in [-0.25, -0.2) is 0 Å². The van der Waals surface area contributed by atoms with Gasteiger partial charge in [0.25, 0.3) is 0 Å². The van der Waals surface area contributed by atoms with Crippen molar-refractivity contribution in [3.05, 3.63) is 12.2 Å². The summed E-state index contributed by atoms with van der Waals surface area (Å²) in [6, 6.07) is 2.32. The van der Waals surface area contributed by atoms with Gasteiger partial charge in [0.2, 0.25) is 0 Å². The molecule has 0 radical (unpaired) electrons. The van der Waals surface area contributed by atoms with Gasteiger partial charge in [0, 0.05) is 24.7 Å². The Hall–Kier alpha value is -0.380. The number of nitrogens with one attached hydrogen (secondary N) is 1. The quantitative estimate of drug-likeness (QED) is 0.564. The lowest BCUT2D eigenvalue weighted by atomic mass is 9.97. The molecular formula is C14H26N2O. The lowest BCUT2D eigenvalue weighted by Gasteiger charge is -2.38. The molecule has 3 heteroatoms. The first kappa shape index (κ1) is 13.1. The minimum Gasteiger partial charge on any atom is -0.376 e. The summed E-state index contributed by atoms with van der Waals surface area (Å²) in [5, 5.41) is 3.44. The molecule has 3 nitrogen and oxygen atoms in total. The topological polar surface area (TPSA) is 24.5 Å². The molecule has 0 saturated carbocycles. The first-order valence-electron chi connectivity index (χ1n) is 6.86. The number of piperidine rings is 1. The molecule has 98 valence electrons. The third-order valence-corrected chi connectivity index (χ3v) is 4.13. The summed E-state index contributed by atoms with van der Waals surface area (Å²) in [6.07, 6.45) is 5.38. The normalized spacial score (nSPS) is 32.9. The Bertz CT molecular complexity index is 253. The highest BCUT2D eigenvalue weighted by Crippen LogP contribution is 2.35. The van der Waals surface area contributed by atoms with Crippen molar-refractivity contribution < 1.29 is 4.74 Å².